The third-order valence-corrected chi connectivity index (χ3v) is 4.97. The fraction of sp³-hybridized carbons (Fsp3) is 0.304. The van der Waals surface area contributed by atoms with E-state index < -0.39 is 17.9 Å². The van der Waals surface area contributed by atoms with Gasteiger partial charge in [-0.1, -0.05) is 38.1 Å². The van der Waals surface area contributed by atoms with Crippen molar-refractivity contribution < 1.29 is 19.4 Å². The molecule has 6 nitrogen and oxygen atoms in total. The molecule has 1 aromatic heterocycles. The number of carboxylic acid groups (broad SMARTS) is 1. The predicted octanol–water partition coefficient (Wildman–Crippen LogP) is 3.79. The summed E-state index contributed by atoms with van der Waals surface area (Å²) in [5.74, 6) is -0.553. The number of ether oxygens (including phenoxy) is 1. The molecule has 2 aromatic carbocycles. The van der Waals surface area contributed by atoms with Gasteiger partial charge >= 0.3 is 5.97 Å². The van der Waals surface area contributed by atoms with Gasteiger partial charge in [0.25, 0.3) is 5.91 Å². The minimum Gasteiger partial charge on any atom is -0.484 e. The van der Waals surface area contributed by atoms with Gasteiger partial charge in [-0.05, 0) is 47.7 Å². The van der Waals surface area contributed by atoms with Crippen LogP contribution in [0.4, 0.5) is 0 Å². The first kappa shape index (κ1) is 20.5. The van der Waals surface area contributed by atoms with Gasteiger partial charge in [-0.15, -0.1) is 0 Å². The van der Waals surface area contributed by atoms with E-state index >= 15 is 0 Å². The first-order valence-corrected chi connectivity index (χ1v) is 9.65. The maximum atomic E-state index is 12.3. The van der Waals surface area contributed by atoms with Gasteiger partial charge in [0, 0.05) is 23.5 Å². The summed E-state index contributed by atoms with van der Waals surface area (Å²) >= 11 is 0. The van der Waals surface area contributed by atoms with Crippen molar-refractivity contribution in [3.63, 3.8) is 0 Å². The monoisotopic (exact) mass is 394 g/mol. The molecule has 3 N–H and O–H groups in total. The van der Waals surface area contributed by atoms with Crippen LogP contribution in [0.1, 0.15) is 36.5 Å². The van der Waals surface area contributed by atoms with Crippen LogP contribution in [0.15, 0.2) is 48.7 Å². The Morgan fingerprint density at radius 3 is 2.62 bits per heavy atom. The molecule has 0 saturated heterocycles. The molecule has 0 spiro atoms. The molecule has 1 unspecified atom stereocenters. The van der Waals surface area contributed by atoms with Gasteiger partial charge in [0.15, 0.2) is 6.61 Å². The number of nitrogens with one attached hydrogen (secondary N) is 2. The molecule has 152 valence electrons. The fourth-order valence-electron chi connectivity index (χ4n) is 3.49. The highest BCUT2D eigenvalue weighted by Gasteiger charge is 2.22. The number of hydrogen-bond acceptors (Lipinski definition) is 3. The zero-order valence-electron chi connectivity index (χ0n) is 16.9. The molecule has 0 fully saturated rings. The Labute approximate surface area is 169 Å². The number of carbonyl (C=O) groups is 2. The Kier molecular flexibility index (Phi) is 6.22. The molecular formula is C23H26N2O4. The number of rotatable bonds is 8. The molecular weight excluding hydrogens is 368 g/mol. The van der Waals surface area contributed by atoms with Crippen molar-refractivity contribution in [1.82, 2.24) is 10.3 Å². The number of aryl methyl sites for hydroxylation is 1. The summed E-state index contributed by atoms with van der Waals surface area (Å²) in [4.78, 5) is 27.0. The van der Waals surface area contributed by atoms with Crippen LogP contribution >= 0.6 is 0 Å². The number of aliphatic carboxylic acids is 1. The lowest BCUT2D eigenvalue weighted by molar-refractivity contribution is -0.142. The zero-order valence-corrected chi connectivity index (χ0v) is 16.9. The Bertz CT molecular complexity index is 1020. The first-order chi connectivity index (χ1) is 13.8. The van der Waals surface area contributed by atoms with Crippen LogP contribution in [0.5, 0.6) is 5.75 Å². The second kappa shape index (κ2) is 8.82. The van der Waals surface area contributed by atoms with Crippen LogP contribution in [0, 0.1) is 6.92 Å². The number of aromatic nitrogens is 1. The van der Waals surface area contributed by atoms with Gasteiger partial charge in [0.2, 0.25) is 0 Å². The Balaban J connectivity index is 1.61. The number of fused-ring (bicyclic) bond motifs is 1. The van der Waals surface area contributed by atoms with Crippen molar-refractivity contribution in [1.29, 1.82) is 0 Å². The van der Waals surface area contributed by atoms with Crippen molar-refractivity contribution >= 4 is 22.8 Å². The summed E-state index contributed by atoms with van der Waals surface area (Å²) in [5.41, 5.74) is 4.10. The molecule has 1 atom stereocenters. The smallest absolute Gasteiger partial charge is 0.326 e. The van der Waals surface area contributed by atoms with Crippen molar-refractivity contribution in [2.45, 2.75) is 39.2 Å². The first-order valence-electron chi connectivity index (χ1n) is 9.65. The van der Waals surface area contributed by atoms with E-state index in [1.807, 2.05) is 49.4 Å². The van der Waals surface area contributed by atoms with Crippen molar-refractivity contribution in [2.24, 2.45) is 0 Å². The number of carbonyl (C=O) groups excluding carboxylic acids is 1. The average Bonchev–Trinajstić information content (AvgIpc) is 3.08. The van der Waals surface area contributed by atoms with E-state index in [0.29, 0.717) is 11.7 Å². The highest BCUT2D eigenvalue weighted by atomic mass is 16.5. The topological polar surface area (TPSA) is 91.4 Å². The van der Waals surface area contributed by atoms with Gasteiger partial charge in [-0.25, -0.2) is 4.79 Å². The van der Waals surface area contributed by atoms with Crippen LogP contribution < -0.4 is 10.1 Å². The molecule has 0 radical (unpaired) electrons. The molecule has 3 rings (SSSR count). The minimum absolute atomic E-state index is 0.188. The summed E-state index contributed by atoms with van der Waals surface area (Å²) in [6, 6.07) is 12.3. The summed E-state index contributed by atoms with van der Waals surface area (Å²) in [6.07, 6.45) is 1.97. The minimum atomic E-state index is -1.08. The van der Waals surface area contributed by atoms with Crippen LogP contribution in [0.3, 0.4) is 0 Å². The third-order valence-electron chi connectivity index (χ3n) is 4.97. The second-order valence-electron chi connectivity index (χ2n) is 7.48. The lowest BCUT2D eigenvalue weighted by atomic mass is 9.98. The number of benzene rings is 2. The average molecular weight is 394 g/mol. The number of carboxylic acids is 1. The van der Waals surface area contributed by atoms with E-state index in [-0.39, 0.29) is 13.0 Å². The van der Waals surface area contributed by atoms with Crippen molar-refractivity contribution in [3.8, 4) is 5.75 Å². The van der Waals surface area contributed by atoms with Crippen LogP contribution in [-0.2, 0) is 16.0 Å². The molecule has 6 heteroatoms. The van der Waals surface area contributed by atoms with E-state index in [1.165, 1.54) is 5.56 Å². The van der Waals surface area contributed by atoms with Gasteiger partial charge in [0.05, 0.1) is 0 Å². The van der Waals surface area contributed by atoms with Crippen LogP contribution in [0.2, 0.25) is 0 Å². The second-order valence-corrected chi connectivity index (χ2v) is 7.48. The number of amides is 1. The van der Waals surface area contributed by atoms with E-state index in [9.17, 15) is 14.7 Å². The van der Waals surface area contributed by atoms with E-state index in [4.69, 9.17) is 4.74 Å². The molecule has 0 aliphatic carbocycles. The standard InChI is InChI=1S/C23H26N2O4/c1-14(2)18-9-8-17(10-15(18)3)29-13-22(26)25-21(23(27)28)11-16-12-24-20-7-5-4-6-19(16)20/h4-10,12,14,21,24H,11,13H2,1-3H3,(H,25,26)(H,27,28). The van der Waals surface area contributed by atoms with E-state index in [1.54, 1.807) is 6.20 Å². The maximum absolute atomic E-state index is 12.3. The summed E-state index contributed by atoms with van der Waals surface area (Å²) in [7, 11) is 0. The quantitative estimate of drug-likeness (QED) is 0.542. The molecule has 0 aliphatic rings. The lowest BCUT2D eigenvalue weighted by Crippen LogP contribution is -2.44. The normalized spacial score (nSPS) is 12.1. The van der Waals surface area contributed by atoms with Crippen molar-refractivity contribution in [3.05, 3.63) is 65.4 Å². The molecule has 0 aliphatic heterocycles. The zero-order chi connectivity index (χ0) is 21.0. The molecule has 1 amide bonds. The van der Waals surface area contributed by atoms with Crippen LogP contribution in [-0.4, -0.2) is 34.6 Å². The highest BCUT2D eigenvalue weighted by Crippen LogP contribution is 2.23. The van der Waals surface area contributed by atoms with Gasteiger partial charge < -0.3 is 20.1 Å². The van der Waals surface area contributed by atoms with Gasteiger partial charge in [-0.3, -0.25) is 4.79 Å². The fourth-order valence-corrected chi connectivity index (χ4v) is 3.49. The molecule has 3 aromatic rings. The summed E-state index contributed by atoms with van der Waals surface area (Å²) in [5, 5.41) is 13.0. The van der Waals surface area contributed by atoms with Gasteiger partial charge in [-0.2, -0.15) is 0 Å². The maximum Gasteiger partial charge on any atom is 0.326 e. The van der Waals surface area contributed by atoms with E-state index in [0.717, 1.165) is 22.0 Å². The number of hydrogen-bond donors (Lipinski definition) is 3. The van der Waals surface area contributed by atoms with E-state index in [2.05, 4.69) is 24.1 Å². The van der Waals surface area contributed by atoms with Crippen LogP contribution in [0.25, 0.3) is 10.9 Å². The molecule has 1 heterocycles. The van der Waals surface area contributed by atoms with Gasteiger partial charge in [0.1, 0.15) is 11.8 Å². The predicted molar refractivity (Wildman–Crippen MR) is 112 cm³/mol. The number of aromatic amines is 1. The molecule has 29 heavy (non-hydrogen) atoms. The highest BCUT2D eigenvalue weighted by molar-refractivity contribution is 5.87. The van der Waals surface area contributed by atoms with Crippen molar-refractivity contribution in [2.75, 3.05) is 6.61 Å². The number of para-hydroxylation sites is 1. The third kappa shape index (κ3) is 4.96. The molecule has 0 saturated carbocycles. The largest absolute Gasteiger partial charge is 0.484 e. The molecule has 0 bridgehead atoms. The summed E-state index contributed by atoms with van der Waals surface area (Å²) < 4.78 is 5.56. The number of H-pyrrole nitrogens is 1. The summed E-state index contributed by atoms with van der Waals surface area (Å²) in [6.45, 7) is 6.01. The Morgan fingerprint density at radius 1 is 1.17 bits per heavy atom. The Morgan fingerprint density at radius 2 is 1.93 bits per heavy atom. The Hall–Kier alpha value is -3.28. The lowest BCUT2D eigenvalue weighted by Gasteiger charge is -2.15. The SMILES string of the molecule is Cc1cc(OCC(=O)NC(Cc2c[nH]c3ccccc23)C(=O)O)ccc1C(C)C.